The second-order valence-corrected chi connectivity index (χ2v) is 3.50. The highest BCUT2D eigenvalue weighted by molar-refractivity contribution is 6.31. The number of H-pyrrole nitrogens is 1. The molecule has 0 saturated carbocycles. The minimum Gasteiger partial charge on any atom is -0.460 e. The highest BCUT2D eigenvalue weighted by Gasteiger charge is 2.13. The molecule has 1 heterocycles. The topological polar surface area (TPSA) is 55.0 Å². The zero-order chi connectivity index (χ0) is 11.7. The molecule has 2 aromatic rings. The monoisotopic (exact) mass is 242 g/mol. The van der Waals surface area contributed by atoms with E-state index >= 15 is 0 Å². The van der Waals surface area contributed by atoms with Gasteiger partial charge in [-0.05, 0) is 13.0 Å². The number of hydrogen-bond acceptors (Lipinski definition) is 3. The highest BCUT2D eigenvalue weighted by atomic mass is 35.5. The largest absolute Gasteiger partial charge is 0.460 e. The van der Waals surface area contributed by atoms with Crippen molar-refractivity contribution in [1.82, 2.24) is 9.97 Å². The van der Waals surface area contributed by atoms with Crippen LogP contribution in [0.2, 0.25) is 5.02 Å². The number of carbonyl (C=O) groups is 1. The lowest BCUT2D eigenvalue weighted by Crippen LogP contribution is -2.06. The summed E-state index contributed by atoms with van der Waals surface area (Å²) >= 11 is 5.59. The number of halogens is 2. The minimum absolute atomic E-state index is 0.0330. The Labute approximate surface area is 95.4 Å². The zero-order valence-corrected chi connectivity index (χ0v) is 9.14. The quantitative estimate of drug-likeness (QED) is 0.824. The van der Waals surface area contributed by atoms with Gasteiger partial charge in [-0.25, -0.2) is 14.2 Å². The molecule has 0 fully saturated rings. The fourth-order valence-corrected chi connectivity index (χ4v) is 1.46. The molecular weight excluding hydrogens is 235 g/mol. The summed E-state index contributed by atoms with van der Waals surface area (Å²) in [5.74, 6) is -1.10. The van der Waals surface area contributed by atoms with Gasteiger partial charge in [0.2, 0.25) is 5.82 Å². The number of nitrogens with one attached hydrogen (secondary N) is 1. The van der Waals surface area contributed by atoms with Gasteiger partial charge in [-0.1, -0.05) is 11.6 Å². The van der Waals surface area contributed by atoms with E-state index in [1.165, 1.54) is 12.1 Å². The first kappa shape index (κ1) is 10.9. The predicted octanol–water partition coefficient (Wildman–Crippen LogP) is 2.53. The fourth-order valence-electron chi connectivity index (χ4n) is 1.30. The average Bonchev–Trinajstić information content (AvgIpc) is 2.62. The van der Waals surface area contributed by atoms with Crippen LogP contribution in [-0.2, 0) is 4.74 Å². The first-order chi connectivity index (χ1) is 7.61. The molecule has 1 N–H and O–H groups in total. The van der Waals surface area contributed by atoms with Gasteiger partial charge in [0.05, 0.1) is 22.7 Å². The molecule has 0 amide bonds. The van der Waals surface area contributed by atoms with Gasteiger partial charge in [-0.15, -0.1) is 0 Å². The number of rotatable bonds is 2. The number of hydrogen-bond donors (Lipinski definition) is 1. The van der Waals surface area contributed by atoms with Gasteiger partial charge < -0.3 is 9.72 Å². The van der Waals surface area contributed by atoms with Crippen LogP contribution in [0.5, 0.6) is 0 Å². The Bertz CT molecular complexity index is 514. The Kier molecular flexibility index (Phi) is 2.78. The maximum absolute atomic E-state index is 13.1. The summed E-state index contributed by atoms with van der Waals surface area (Å²) in [7, 11) is 0. The van der Waals surface area contributed by atoms with Gasteiger partial charge in [0.15, 0.2) is 0 Å². The number of esters is 1. The lowest BCUT2D eigenvalue weighted by Gasteiger charge is -1.95. The Morgan fingerprint density at radius 2 is 2.38 bits per heavy atom. The second-order valence-electron chi connectivity index (χ2n) is 3.09. The molecule has 1 aromatic heterocycles. The average molecular weight is 243 g/mol. The van der Waals surface area contributed by atoms with E-state index in [-0.39, 0.29) is 17.5 Å². The fraction of sp³-hybridized carbons (Fsp3) is 0.200. The molecule has 0 bridgehead atoms. The van der Waals surface area contributed by atoms with E-state index in [0.29, 0.717) is 11.0 Å². The number of ether oxygens (including phenoxy) is 1. The number of benzene rings is 1. The maximum atomic E-state index is 13.1. The molecule has 2 rings (SSSR count). The third-order valence-corrected chi connectivity index (χ3v) is 2.28. The SMILES string of the molecule is CCOC(=O)c1nc2cc(Cl)c(F)cc2[nH]1. The van der Waals surface area contributed by atoms with Gasteiger partial charge in [-0.2, -0.15) is 0 Å². The molecule has 16 heavy (non-hydrogen) atoms. The normalized spacial score (nSPS) is 10.7. The molecule has 0 aliphatic heterocycles. The lowest BCUT2D eigenvalue weighted by atomic mass is 10.3. The Morgan fingerprint density at radius 1 is 1.62 bits per heavy atom. The second kappa shape index (κ2) is 4.09. The van der Waals surface area contributed by atoms with Gasteiger partial charge in [-0.3, -0.25) is 0 Å². The molecule has 0 aliphatic rings. The summed E-state index contributed by atoms with van der Waals surface area (Å²) in [5, 5.41) is -0.0330. The maximum Gasteiger partial charge on any atom is 0.374 e. The van der Waals surface area contributed by atoms with Crippen LogP contribution in [0.3, 0.4) is 0 Å². The summed E-state index contributed by atoms with van der Waals surface area (Å²) in [4.78, 5) is 18.0. The van der Waals surface area contributed by atoms with Crippen LogP contribution in [0, 0.1) is 5.82 Å². The van der Waals surface area contributed by atoms with E-state index in [1.807, 2.05) is 0 Å². The van der Waals surface area contributed by atoms with Gasteiger partial charge in [0.25, 0.3) is 0 Å². The number of imidazole rings is 1. The molecule has 0 saturated heterocycles. The Morgan fingerprint density at radius 3 is 3.06 bits per heavy atom. The highest BCUT2D eigenvalue weighted by Crippen LogP contribution is 2.21. The molecule has 0 spiro atoms. The lowest BCUT2D eigenvalue weighted by molar-refractivity contribution is 0.0514. The van der Waals surface area contributed by atoms with E-state index in [0.717, 1.165) is 0 Å². The van der Waals surface area contributed by atoms with Crippen LogP contribution < -0.4 is 0 Å². The van der Waals surface area contributed by atoms with Crippen LogP contribution >= 0.6 is 11.6 Å². The predicted molar refractivity (Wildman–Crippen MR) is 57.0 cm³/mol. The van der Waals surface area contributed by atoms with E-state index in [4.69, 9.17) is 16.3 Å². The van der Waals surface area contributed by atoms with Gasteiger partial charge in [0, 0.05) is 6.07 Å². The Hall–Kier alpha value is -1.62. The van der Waals surface area contributed by atoms with Crippen molar-refractivity contribution in [2.24, 2.45) is 0 Å². The van der Waals surface area contributed by atoms with Crippen molar-refractivity contribution in [2.45, 2.75) is 6.92 Å². The van der Waals surface area contributed by atoms with Crippen molar-refractivity contribution in [3.8, 4) is 0 Å². The van der Waals surface area contributed by atoms with Crippen LogP contribution in [-0.4, -0.2) is 22.5 Å². The number of aromatic amines is 1. The first-order valence-corrected chi connectivity index (χ1v) is 5.01. The third kappa shape index (κ3) is 1.86. The van der Waals surface area contributed by atoms with Gasteiger partial charge >= 0.3 is 5.97 Å². The molecule has 0 aliphatic carbocycles. The molecule has 0 radical (unpaired) electrons. The summed E-state index contributed by atoms with van der Waals surface area (Å²) in [6.45, 7) is 1.95. The van der Waals surface area contributed by atoms with Gasteiger partial charge in [0.1, 0.15) is 5.82 Å². The number of carbonyl (C=O) groups excluding carboxylic acids is 1. The molecule has 4 nitrogen and oxygen atoms in total. The summed E-state index contributed by atoms with van der Waals surface area (Å²) < 4.78 is 17.9. The van der Waals surface area contributed by atoms with Crippen LogP contribution in [0.15, 0.2) is 12.1 Å². The summed E-state index contributed by atoms with van der Waals surface area (Å²) in [6, 6.07) is 2.54. The van der Waals surface area contributed by atoms with Crippen LogP contribution in [0.25, 0.3) is 11.0 Å². The van der Waals surface area contributed by atoms with Crippen LogP contribution in [0.4, 0.5) is 4.39 Å². The number of nitrogens with zero attached hydrogens (tertiary/aromatic N) is 1. The first-order valence-electron chi connectivity index (χ1n) is 4.63. The minimum atomic E-state index is -0.574. The van der Waals surface area contributed by atoms with Crippen LogP contribution in [0.1, 0.15) is 17.5 Å². The summed E-state index contributed by atoms with van der Waals surface area (Å²) in [5.41, 5.74) is 0.833. The molecule has 6 heteroatoms. The molecular formula is C10H8ClFN2O2. The molecule has 0 unspecified atom stereocenters. The number of fused-ring (bicyclic) bond motifs is 1. The zero-order valence-electron chi connectivity index (χ0n) is 8.38. The van der Waals surface area contributed by atoms with Crippen molar-refractivity contribution < 1.29 is 13.9 Å². The molecule has 84 valence electrons. The molecule has 0 atom stereocenters. The van der Waals surface area contributed by atoms with E-state index in [9.17, 15) is 9.18 Å². The van der Waals surface area contributed by atoms with Crippen molar-refractivity contribution in [2.75, 3.05) is 6.61 Å². The Balaban J connectivity index is 2.48. The third-order valence-electron chi connectivity index (χ3n) is 1.99. The smallest absolute Gasteiger partial charge is 0.374 e. The number of aromatic nitrogens is 2. The van der Waals surface area contributed by atoms with Crippen molar-refractivity contribution >= 4 is 28.6 Å². The molecule has 1 aromatic carbocycles. The summed E-state index contributed by atoms with van der Waals surface area (Å²) in [6.07, 6.45) is 0. The van der Waals surface area contributed by atoms with Crippen molar-refractivity contribution in [3.05, 3.63) is 28.8 Å². The standard InChI is InChI=1S/C10H8ClFN2O2/c1-2-16-10(15)9-13-7-3-5(11)6(12)4-8(7)14-9/h3-4H,2H2,1H3,(H,13,14). The van der Waals surface area contributed by atoms with E-state index in [1.54, 1.807) is 6.92 Å². The van der Waals surface area contributed by atoms with E-state index < -0.39 is 11.8 Å². The van der Waals surface area contributed by atoms with Crippen molar-refractivity contribution in [3.63, 3.8) is 0 Å². The van der Waals surface area contributed by atoms with E-state index in [2.05, 4.69) is 9.97 Å². The van der Waals surface area contributed by atoms with Crippen molar-refractivity contribution in [1.29, 1.82) is 0 Å².